The standard InChI is InChI=1S/C9H7N3O2S/c1-6-10-9(15-11-6)7-4-2-3-5-8(7)12(13)14/h2-5H,1H3. The second-order valence-corrected chi connectivity index (χ2v) is 3.67. The summed E-state index contributed by atoms with van der Waals surface area (Å²) in [6, 6.07) is 6.53. The largest absolute Gasteiger partial charge is 0.279 e. The Morgan fingerprint density at radius 3 is 2.73 bits per heavy atom. The van der Waals surface area contributed by atoms with Gasteiger partial charge in [-0.05, 0) is 24.5 Å². The fourth-order valence-electron chi connectivity index (χ4n) is 1.22. The number of hydrogen-bond acceptors (Lipinski definition) is 5. The van der Waals surface area contributed by atoms with Crippen molar-refractivity contribution in [3.63, 3.8) is 0 Å². The summed E-state index contributed by atoms with van der Waals surface area (Å²) in [6.07, 6.45) is 0. The Bertz CT molecular complexity index is 510. The summed E-state index contributed by atoms with van der Waals surface area (Å²) in [6.45, 7) is 1.76. The summed E-state index contributed by atoms with van der Waals surface area (Å²) in [7, 11) is 0. The van der Waals surface area contributed by atoms with Gasteiger partial charge in [-0.15, -0.1) is 0 Å². The van der Waals surface area contributed by atoms with Gasteiger partial charge in [0.2, 0.25) is 0 Å². The van der Waals surface area contributed by atoms with Crippen molar-refractivity contribution in [2.45, 2.75) is 6.92 Å². The smallest absolute Gasteiger partial charge is 0.258 e. The molecule has 0 N–H and O–H groups in total. The first kappa shape index (κ1) is 9.72. The molecule has 0 aliphatic heterocycles. The van der Waals surface area contributed by atoms with Gasteiger partial charge in [-0.2, -0.15) is 4.37 Å². The predicted molar refractivity (Wildman–Crippen MR) is 56.7 cm³/mol. The Morgan fingerprint density at radius 1 is 1.40 bits per heavy atom. The van der Waals surface area contributed by atoms with Gasteiger partial charge >= 0.3 is 0 Å². The molecule has 0 bridgehead atoms. The molecule has 0 aliphatic carbocycles. The zero-order valence-corrected chi connectivity index (χ0v) is 8.69. The lowest BCUT2D eigenvalue weighted by Gasteiger charge is -1.96. The van der Waals surface area contributed by atoms with Gasteiger partial charge in [0.25, 0.3) is 5.69 Å². The molecular weight excluding hydrogens is 214 g/mol. The Labute approximate surface area is 89.7 Å². The number of nitrogens with zero attached hydrogens (tertiary/aromatic N) is 3. The van der Waals surface area contributed by atoms with Gasteiger partial charge in [-0.25, -0.2) is 4.98 Å². The van der Waals surface area contributed by atoms with Crippen molar-refractivity contribution in [1.29, 1.82) is 0 Å². The molecule has 0 radical (unpaired) electrons. The third kappa shape index (κ3) is 1.84. The van der Waals surface area contributed by atoms with E-state index in [1.54, 1.807) is 25.1 Å². The van der Waals surface area contributed by atoms with Gasteiger partial charge < -0.3 is 0 Å². The molecule has 0 saturated heterocycles. The highest BCUT2D eigenvalue weighted by molar-refractivity contribution is 7.09. The zero-order valence-electron chi connectivity index (χ0n) is 7.88. The number of aryl methyl sites for hydroxylation is 1. The number of nitro benzene ring substituents is 1. The fourth-order valence-corrected chi connectivity index (χ4v) is 1.92. The van der Waals surface area contributed by atoms with Crippen molar-refractivity contribution in [2.24, 2.45) is 0 Å². The topological polar surface area (TPSA) is 68.9 Å². The summed E-state index contributed by atoms with van der Waals surface area (Å²) in [5.74, 6) is 0.633. The van der Waals surface area contributed by atoms with E-state index in [4.69, 9.17) is 0 Å². The lowest BCUT2D eigenvalue weighted by atomic mass is 10.2. The van der Waals surface area contributed by atoms with Crippen molar-refractivity contribution in [1.82, 2.24) is 9.36 Å². The molecule has 1 aromatic heterocycles. The van der Waals surface area contributed by atoms with E-state index in [2.05, 4.69) is 9.36 Å². The van der Waals surface area contributed by atoms with Crippen LogP contribution in [0.4, 0.5) is 5.69 Å². The van der Waals surface area contributed by atoms with E-state index in [-0.39, 0.29) is 5.69 Å². The summed E-state index contributed by atoms with van der Waals surface area (Å²) in [5, 5.41) is 11.3. The molecule has 0 aliphatic rings. The van der Waals surface area contributed by atoms with Crippen molar-refractivity contribution >= 4 is 17.2 Å². The van der Waals surface area contributed by atoms with E-state index in [1.165, 1.54) is 17.6 Å². The third-order valence-electron chi connectivity index (χ3n) is 1.86. The lowest BCUT2D eigenvalue weighted by Crippen LogP contribution is -1.91. The van der Waals surface area contributed by atoms with Crippen molar-refractivity contribution in [3.8, 4) is 10.6 Å². The molecular formula is C9H7N3O2S. The highest BCUT2D eigenvalue weighted by atomic mass is 32.1. The molecule has 0 saturated carbocycles. The fraction of sp³-hybridized carbons (Fsp3) is 0.111. The van der Waals surface area contributed by atoms with E-state index in [0.717, 1.165) is 0 Å². The number of aromatic nitrogens is 2. The van der Waals surface area contributed by atoms with Crippen LogP contribution in [0.25, 0.3) is 10.6 Å². The van der Waals surface area contributed by atoms with Crippen LogP contribution >= 0.6 is 11.5 Å². The molecule has 0 fully saturated rings. The average Bonchev–Trinajstić information content (AvgIpc) is 2.65. The Balaban J connectivity index is 2.57. The first-order valence-corrected chi connectivity index (χ1v) is 5.00. The molecule has 1 heterocycles. The molecule has 5 nitrogen and oxygen atoms in total. The maximum Gasteiger partial charge on any atom is 0.279 e. The van der Waals surface area contributed by atoms with Gasteiger partial charge in [-0.3, -0.25) is 10.1 Å². The Morgan fingerprint density at radius 2 is 2.13 bits per heavy atom. The lowest BCUT2D eigenvalue weighted by molar-refractivity contribution is -0.384. The van der Waals surface area contributed by atoms with Crippen molar-refractivity contribution < 1.29 is 4.92 Å². The van der Waals surface area contributed by atoms with E-state index in [9.17, 15) is 10.1 Å². The summed E-state index contributed by atoms with van der Waals surface area (Å²) < 4.78 is 4.00. The minimum absolute atomic E-state index is 0.0636. The van der Waals surface area contributed by atoms with Crippen molar-refractivity contribution in [2.75, 3.05) is 0 Å². The monoisotopic (exact) mass is 221 g/mol. The number of hydrogen-bond donors (Lipinski definition) is 0. The molecule has 2 rings (SSSR count). The average molecular weight is 221 g/mol. The second kappa shape index (κ2) is 3.74. The molecule has 0 amide bonds. The Hall–Kier alpha value is -1.82. The first-order chi connectivity index (χ1) is 7.18. The highest BCUT2D eigenvalue weighted by Crippen LogP contribution is 2.30. The molecule has 0 atom stereocenters. The predicted octanol–water partition coefficient (Wildman–Crippen LogP) is 2.42. The number of benzene rings is 1. The SMILES string of the molecule is Cc1nsc(-c2ccccc2[N+](=O)[O-])n1. The van der Waals surface area contributed by atoms with E-state index < -0.39 is 4.92 Å². The van der Waals surface area contributed by atoms with Gasteiger partial charge in [-0.1, -0.05) is 12.1 Å². The van der Waals surface area contributed by atoms with Crippen LogP contribution in [0.5, 0.6) is 0 Å². The van der Waals surface area contributed by atoms with E-state index >= 15 is 0 Å². The summed E-state index contributed by atoms with van der Waals surface area (Å²) >= 11 is 1.17. The second-order valence-electron chi connectivity index (χ2n) is 2.92. The van der Waals surface area contributed by atoms with Gasteiger partial charge in [0.05, 0.1) is 10.5 Å². The van der Waals surface area contributed by atoms with Crippen LogP contribution in [0.3, 0.4) is 0 Å². The van der Waals surface area contributed by atoms with Crippen molar-refractivity contribution in [3.05, 3.63) is 40.2 Å². The molecule has 15 heavy (non-hydrogen) atoms. The van der Waals surface area contributed by atoms with Crippen LogP contribution < -0.4 is 0 Å². The Kier molecular flexibility index (Phi) is 2.42. The molecule has 1 aromatic carbocycles. The van der Waals surface area contributed by atoms with Crippen LogP contribution in [-0.4, -0.2) is 14.3 Å². The number of nitro groups is 1. The molecule has 6 heteroatoms. The van der Waals surface area contributed by atoms with Gasteiger partial charge in [0, 0.05) is 6.07 Å². The quantitative estimate of drug-likeness (QED) is 0.576. The van der Waals surface area contributed by atoms with E-state index in [1.807, 2.05) is 0 Å². The molecule has 0 spiro atoms. The maximum absolute atomic E-state index is 10.8. The third-order valence-corrected chi connectivity index (χ3v) is 2.70. The normalized spacial score (nSPS) is 10.2. The minimum atomic E-state index is -0.411. The number of rotatable bonds is 2. The maximum atomic E-state index is 10.8. The molecule has 0 unspecified atom stereocenters. The van der Waals surface area contributed by atoms with Crippen LogP contribution in [0.2, 0.25) is 0 Å². The van der Waals surface area contributed by atoms with Crippen LogP contribution in [0.15, 0.2) is 24.3 Å². The van der Waals surface area contributed by atoms with Gasteiger partial charge in [0.15, 0.2) is 5.01 Å². The minimum Gasteiger partial charge on any atom is -0.258 e. The van der Waals surface area contributed by atoms with Gasteiger partial charge in [0.1, 0.15) is 5.82 Å². The van der Waals surface area contributed by atoms with Crippen LogP contribution in [0.1, 0.15) is 5.82 Å². The first-order valence-electron chi connectivity index (χ1n) is 4.22. The highest BCUT2D eigenvalue weighted by Gasteiger charge is 2.16. The summed E-state index contributed by atoms with van der Waals surface area (Å²) in [5.41, 5.74) is 0.585. The van der Waals surface area contributed by atoms with Crippen LogP contribution in [0, 0.1) is 17.0 Å². The van der Waals surface area contributed by atoms with Crippen LogP contribution in [-0.2, 0) is 0 Å². The molecule has 2 aromatic rings. The zero-order chi connectivity index (χ0) is 10.8. The summed E-state index contributed by atoms with van der Waals surface area (Å²) in [4.78, 5) is 14.5. The number of para-hydroxylation sites is 1. The molecule has 76 valence electrons. The van der Waals surface area contributed by atoms with E-state index in [0.29, 0.717) is 16.4 Å².